The zero-order chi connectivity index (χ0) is 22.8. The van der Waals surface area contributed by atoms with E-state index in [1.54, 1.807) is 30.3 Å². The van der Waals surface area contributed by atoms with Crippen molar-refractivity contribution >= 4 is 29.1 Å². The predicted molar refractivity (Wildman–Crippen MR) is 118 cm³/mol. The Bertz CT molecular complexity index is 1180. The van der Waals surface area contributed by atoms with Crippen LogP contribution in [0.1, 0.15) is 30.3 Å². The van der Waals surface area contributed by atoms with Gasteiger partial charge >= 0.3 is 0 Å². The fraction of sp³-hybridized carbons (Fsp3) is 0.217. The number of ether oxygens (including phenoxy) is 1. The van der Waals surface area contributed by atoms with Crippen LogP contribution in [0.3, 0.4) is 0 Å². The largest absolute Gasteiger partial charge is 0.480 e. The van der Waals surface area contributed by atoms with Gasteiger partial charge in [-0.05, 0) is 36.8 Å². The summed E-state index contributed by atoms with van der Waals surface area (Å²) in [7, 11) is 0. The number of carbonyl (C=O) groups excluding carboxylic acids is 1. The smallest absolute Gasteiger partial charge is 0.265 e. The summed E-state index contributed by atoms with van der Waals surface area (Å²) in [4.78, 5) is 12.6. The Balaban J connectivity index is 1.31. The normalized spacial score (nSPS) is 17.4. The van der Waals surface area contributed by atoms with Crippen LogP contribution >= 0.6 is 23.2 Å². The number of aliphatic hydroxyl groups excluding tert-OH is 1. The molecule has 1 aliphatic heterocycles. The number of nitrogens with one attached hydrogen (secondary N) is 1. The van der Waals surface area contributed by atoms with Crippen LogP contribution < -0.4 is 10.1 Å². The Kier molecular flexibility index (Phi) is 6.50. The van der Waals surface area contributed by atoms with E-state index in [1.807, 2.05) is 0 Å². The molecule has 0 bridgehead atoms. The zero-order valence-corrected chi connectivity index (χ0v) is 18.3. The number of hydrogen-bond donors (Lipinski definition) is 2. The molecule has 1 aliphatic rings. The maximum Gasteiger partial charge on any atom is 0.265 e. The average Bonchev–Trinajstić information content (AvgIpc) is 3.23. The maximum atomic E-state index is 13.7. The summed E-state index contributed by atoms with van der Waals surface area (Å²) in [6, 6.07) is 11.0. The van der Waals surface area contributed by atoms with Crippen LogP contribution in [0, 0.1) is 5.82 Å². The van der Waals surface area contributed by atoms with Crippen molar-refractivity contribution in [3.05, 3.63) is 81.9 Å². The molecule has 2 heterocycles. The van der Waals surface area contributed by atoms with Crippen LogP contribution in [0.5, 0.6) is 5.75 Å². The molecule has 0 fully saturated rings. The fourth-order valence-electron chi connectivity index (χ4n) is 3.39. The van der Waals surface area contributed by atoms with Gasteiger partial charge in [0.1, 0.15) is 23.0 Å². The van der Waals surface area contributed by atoms with E-state index < -0.39 is 23.9 Å². The Labute approximate surface area is 193 Å². The van der Waals surface area contributed by atoms with Gasteiger partial charge < -0.3 is 19.7 Å². The summed E-state index contributed by atoms with van der Waals surface area (Å²) >= 11 is 11.7. The fourth-order valence-corrected chi connectivity index (χ4v) is 3.69. The number of halogens is 3. The van der Waals surface area contributed by atoms with E-state index >= 15 is 0 Å². The highest BCUT2D eigenvalue weighted by atomic mass is 35.5. The second-order valence-corrected chi connectivity index (χ2v) is 8.28. The van der Waals surface area contributed by atoms with E-state index in [4.69, 9.17) is 32.5 Å². The molecule has 0 saturated carbocycles. The van der Waals surface area contributed by atoms with Crippen molar-refractivity contribution in [2.75, 3.05) is 0 Å². The SMILES string of the molecule is C=C(CCc1cc(-c2ccc(Cl)c(F)c2)no1)NC(=O)[C@@H]1C[C@@H](O)c2cc(Cl)ccc2O1. The molecule has 0 spiro atoms. The standard InChI is InChI=1S/C23H19Cl2FN2O4/c1-12(2-5-15-10-19(28-32-15)13-3-6-17(25)18(26)8-13)27-23(30)22-11-20(29)16-9-14(24)4-7-21(16)31-22/h3-4,6-10,20,22,29H,1-2,5,11H2,(H,27,30)/t20-,22+/m1/s1. The summed E-state index contributed by atoms with van der Waals surface area (Å²) in [5.41, 5.74) is 2.05. The topological polar surface area (TPSA) is 84.6 Å². The van der Waals surface area contributed by atoms with Gasteiger partial charge in [-0.1, -0.05) is 41.0 Å². The average molecular weight is 477 g/mol. The Morgan fingerprint density at radius 3 is 2.84 bits per heavy atom. The van der Waals surface area contributed by atoms with Crippen molar-refractivity contribution in [2.45, 2.75) is 31.5 Å². The van der Waals surface area contributed by atoms with Crippen molar-refractivity contribution in [3.63, 3.8) is 0 Å². The molecule has 4 rings (SSSR count). The quantitative estimate of drug-likeness (QED) is 0.508. The van der Waals surface area contributed by atoms with Crippen molar-refractivity contribution in [1.82, 2.24) is 10.5 Å². The lowest BCUT2D eigenvalue weighted by Crippen LogP contribution is -2.41. The number of allylic oxidation sites excluding steroid dienone is 1. The maximum absolute atomic E-state index is 13.7. The minimum Gasteiger partial charge on any atom is -0.480 e. The third kappa shape index (κ3) is 4.96. The van der Waals surface area contributed by atoms with Crippen LogP contribution in [0.15, 0.2) is 59.3 Å². The van der Waals surface area contributed by atoms with E-state index in [0.717, 1.165) is 0 Å². The van der Waals surface area contributed by atoms with Gasteiger partial charge in [0.25, 0.3) is 5.91 Å². The third-order valence-corrected chi connectivity index (χ3v) is 5.62. The Morgan fingerprint density at radius 1 is 1.25 bits per heavy atom. The molecule has 1 aromatic heterocycles. The molecule has 166 valence electrons. The van der Waals surface area contributed by atoms with Crippen LogP contribution in [-0.4, -0.2) is 22.3 Å². The molecular weight excluding hydrogens is 458 g/mol. The lowest BCUT2D eigenvalue weighted by Gasteiger charge is -2.29. The second kappa shape index (κ2) is 9.32. The molecule has 0 radical (unpaired) electrons. The first-order valence-corrected chi connectivity index (χ1v) is 10.6. The van der Waals surface area contributed by atoms with Gasteiger partial charge in [-0.15, -0.1) is 0 Å². The molecule has 0 unspecified atom stereocenters. The first kappa shape index (κ1) is 22.3. The summed E-state index contributed by atoms with van der Waals surface area (Å²) < 4.78 is 24.7. The molecule has 9 heteroatoms. The predicted octanol–water partition coefficient (Wildman–Crippen LogP) is 5.23. The van der Waals surface area contributed by atoms with E-state index in [2.05, 4.69) is 17.1 Å². The number of aliphatic hydroxyl groups is 1. The van der Waals surface area contributed by atoms with Gasteiger partial charge in [0.2, 0.25) is 0 Å². The van der Waals surface area contributed by atoms with Crippen molar-refractivity contribution < 1.29 is 23.6 Å². The summed E-state index contributed by atoms with van der Waals surface area (Å²) in [5.74, 6) is 0.0442. The zero-order valence-electron chi connectivity index (χ0n) is 16.8. The molecule has 1 amide bonds. The number of hydrogen-bond acceptors (Lipinski definition) is 5. The van der Waals surface area contributed by atoms with Gasteiger partial charge in [-0.3, -0.25) is 4.79 Å². The molecular formula is C23H19Cl2FN2O4. The minimum atomic E-state index is -0.855. The highest BCUT2D eigenvalue weighted by molar-refractivity contribution is 6.31. The van der Waals surface area contributed by atoms with Gasteiger partial charge in [-0.25, -0.2) is 4.39 Å². The summed E-state index contributed by atoms with van der Waals surface area (Å²) in [6.07, 6.45) is -0.775. The molecule has 2 N–H and O–H groups in total. The number of benzene rings is 2. The lowest BCUT2D eigenvalue weighted by molar-refractivity contribution is -0.129. The van der Waals surface area contributed by atoms with Crippen LogP contribution in [0.4, 0.5) is 4.39 Å². The number of nitrogens with zero attached hydrogens (tertiary/aromatic N) is 1. The highest BCUT2D eigenvalue weighted by Crippen LogP contribution is 2.36. The molecule has 32 heavy (non-hydrogen) atoms. The Hall–Kier alpha value is -2.87. The van der Waals surface area contributed by atoms with Crippen molar-refractivity contribution in [3.8, 4) is 17.0 Å². The van der Waals surface area contributed by atoms with Gasteiger partial charge in [0.05, 0.1) is 11.1 Å². The second-order valence-electron chi connectivity index (χ2n) is 7.44. The Morgan fingerprint density at radius 2 is 2.06 bits per heavy atom. The summed E-state index contributed by atoms with van der Waals surface area (Å²) in [6.45, 7) is 3.87. The molecule has 3 aromatic rings. The molecule has 6 nitrogen and oxygen atoms in total. The molecule has 2 aromatic carbocycles. The van der Waals surface area contributed by atoms with Crippen LogP contribution in [-0.2, 0) is 11.2 Å². The number of aryl methyl sites for hydroxylation is 1. The first-order chi connectivity index (χ1) is 15.3. The lowest BCUT2D eigenvalue weighted by atomic mass is 9.98. The van der Waals surface area contributed by atoms with Crippen molar-refractivity contribution in [2.24, 2.45) is 0 Å². The monoisotopic (exact) mass is 476 g/mol. The van der Waals surface area contributed by atoms with E-state index in [9.17, 15) is 14.3 Å². The number of aromatic nitrogens is 1. The van der Waals surface area contributed by atoms with Crippen molar-refractivity contribution in [1.29, 1.82) is 0 Å². The molecule has 0 aliphatic carbocycles. The van der Waals surface area contributed by atoms with Crippen LogP contribution in [0.25, 0.3) is 11.3 Å². The van der Waals surface area contributed by atoms with Gasteiger partial charge in [0, 0.05) is 40.8 Å². The highest BCUT2D eigenvalue weighted by Gasteiger charge is 2.32. The summed E-state index contributed by atoms with van der Waals surface area (Å²) in [5, 5.41) is 17.5. The first-order valence-electron chi connectivity index (χ1n) is 9.84. The number of amides is 1. The minimum absolute atomic E-state index is 0.0336. The van der Waals surface area contributed by atoms with Gasteiger partial charge in [0.15, 0.2) is 6.10 Å². The van der Waals surface area contributed by atoms with Crippen LogP contribution in [0.2, 0.25) is 10.0 Å². The van der Waals surface area contributed by atoms with E-state index in [-0.39, 0.29) is 11.4 Å². The third-order valence-electron chi connectivity index (χ3n) is 5.08. The number of rotatable bonds is 6. The number of fused-ring (bicyclic) bond motifs is 1. The molecule has 0 saturated heterocycles. The van der Waals surface area contributed by atoms with E-state index in [0.29, 0.717) is 51.9 Å². The van der Waals surface area contributed by atoms with E-state index in [1.165, 1.54) is 12.1 Å². The molecule has 2 atom stereocenters. The van der Waals surface area contributed by atoms with Gasteiger partial charge in [-0.2, -0.15) is 0 Å². The number of carbonyl (C=O) groups is 1.